The van der Waals surface area contributed by atoms with Crippen molar-refractivity contribution in [2.24, 2.45) is 5.92 Å². The Balaban J connectivity index is 2.87. The van der Waals surface area contributed by atoms with Crippen LogP contribution in [0.5, 0.6) is 5.75 Å². The van der Waals surface area contributed by atoms with Crippen molar-refractivity contribution in [1.29, 1.82) is 0 Å². The van der Waals surface area contributed by atoms with Gasteiger partial charge in [-0.2, -0.15) is 0 Å². The summed E-state index contributed by atoms with van der Waals surface area (Å²) in [7, 11) is 0. The zero-order valence-corrected chi connectivity index (χ0v) is 11.4. The largest absolute Gasteiger partial charge is 0.503 e. The molecule has 1 N–H and O–H groups in total. The van der Waals surface area contributed by atoms with Crippen LogP contribution in [0.15, 0.2) is 12.1 Å². The van der Waals surface area contributed by atoms with Crippen LogP contribution in [-0.2, 0) is 6.54 Å². The molecule has 0 amide bonds. The molecule has 0 bridgehead atoms. The normalized spacial score (nSPS) is 11.8. The summed E-state index contributed by atoms with van der Waals surface area (Å²) in [4.78, 5) is 2.15. The van der Waals surface area contributed by atoms with Gasteiger partial charge in [0.25, 0.3) is 0 Å². The Bertz CT molecular complexity index is 382. The van der Waals surface area contributed by atoms with E-state index in [0.29, 0.717) is 24.1 Å². The van der Waals surface area contributed by atoms with Crippen molar-refractivity contribution < 1.29 is 13.9 Å². The maximum absolute atomic E-state index is 13.2. The fourth-order valence-electron chi connectivity index (χ4n) is 1.87. The van der Waals surface area contributed by atoms with Crippen LogP contribution in [-0.4, -0.2) is 22.6 Å². The number of halogens is 2. The maximum Gasteiger partial charge on any atom is 0.187 e. The van der Waals surface area contributed by atoms with E-state index < -0.39 is 17.4 Å². The first-order chi connectivity index (χ1) is 8.31. The van der Waals surface area contributed by atoms with Crippen molar-refractivity contribution in [3.63, 3.8) is 0 Å². The van der Waals surface area contributed by atoms with Gasteiger partial charge in [0, 0.05) is 19.1 Å². The number of nitrogens with zero attached hydrogens (tertiary/aromatic N) is 1. The third-order valence-electron chi connectivity index (χ3n) is 2.79. The molecule has 0 saturated heterocycles. The van der Waals surface area contributed by atoms with E-state index in [9.17, 15) is 8.78 Å². The van der Waals surface area contributed by atoms with Gasteiger partial charge in [-0.15, -0.1) is 0 Å². The molecule has 0 saturated carbocycles. The van der Waals surface area contributed by atoms with Crippen molar-refractivity contribution in [3.05, 3.63) is 29.3 Å². The zero-order valence-electron chi connectivity index (χ0n) is 11.4. The van der Waals surface area contributed by atoms with E-state index in [1.54, 1.807) is 0 Å². The lowest BCUT2D eigenvalue weighted by molar-refractivity contribution is 0.188. The van der Waals surface area contributed by atoms with Gasteiger partial charge in [0.15, 0.2) is 17.4 Å². The molecule has 4 heteroatoms. The summed E-state index contributed by atoms with van der Waals surface area (Å²) in [5.74, 6) is -2.23. The highest BCUT2D eigenvalue weighted by atomic mass is 19.1. The fourth-order valence-corrected chi connectivity index (χ4v) is 1.87. The molecule has 0 fully saturated rings. The van der Waals surface area contributed by atoms with E-state index in [4.69, 9.17) is 5.11 Å². The second-order valence-corrected chi connectivity index (χ2v) is 5.33. The molecule has 0 aromatic heterocycles. The molecule has 2 nitrogen and oxygen atoms in total. The van der Waals surface area contributed by atoms with Crippen LogP contribution < -0.4 is 0 Å². The smallest absolute Gasteiger partial charge is 0.187 e. The third kappa shape index (κ3) is 3.95. The van der Waals surface area contributed by atoms with Crippen molar-refractivity contribution in [2.75, 3.05) is 6.54 Å². The predicted molar refractivity (Wildman–Crippen MR) is 68.4 cm³/mol. The molecule has 0 aliphatic heterocycles. The Morgan fingerprint density at radius 2 is 1.61 bits per heavy atom. The molecule has 0 aliphatic rings. The zero-order chi connectivity index (χ0) is 13.9. The number of phenolic OH excluding ortho intramolecular Hbond substituents is 1. The molecule has 102 valence electrons. The average molecular weight is 257 g/mol. The Hall–Kier alpha value is -1.16. The van der Waals surface area contributed by atoms with Crippen molar-refractivity contribution in [3.8, 4) is 5.75 Å². The monoisotopic (exact) mass is 257 g/mol. The summed E-state index contributed by atoms with van der Waals surface area (Å²) in [5, 5.41) is 9.06. The van der Waals surface area contributed by atoms with Gasteiger partial charge in [-0.3, -0.25) is 4.90 Å². The van der Waals surface area contributed by atoms with Gasteiger partial charge in [-0.25, -0.2) is 8.78 Å². The lowest BCUT2D eigenvalue weighted by Crippen LogP contribution is -2.33. The number of aromatic hydroxyl groups is 1. The van der Waals surface area contributed by atoms with Crippen LogP contribution in [0.3, 0.4) is 0 Å². The average Bonchev–Trinajstić information content (AvgIpc) is 2.24. The lowest BCUT2D eigenvalue weighted by atomic mass is 10.1. The Morgan fingerprint density at radius 3 is 2.00 bits per heavy atom. The van der Waals surface area contributed by atoms with Crippen LogP contribution in [0.25, 0.3) is 0 Å². The molecule has 1 rings (SSSR count). The summed E-state index contributed by atoms with van der Waals surface area (Å²) in [6, 6.07) is 2.68. The molecule has 0 atom stereocenters. The van der Waals surface area contributed by atoms with E-state index in [1.807, 2.05) is 0 Å². The molecular formula is C14H21F2NO. The summed E-state index contributed by atoms with van der Waals surface area (Å²) < 4.78 is 26.5. The number of hydrogen-bond acceptors (Lipinski definition) is 2. The van der Waals surface area contributed by atoms with Gasteiger partial charge < -0.3 is 5.11 Å². The van der Waals surface area contributed by atoms with Crippen molar-refractivity contribution >= 4 is 0 Å². The topological polar surface area (TPSA) is 23.5 Å². The van der Waals surface area contributed by atoms with Crippen LogP contribution in [0.1, 0.15) is 33.3 Å². The fraction of sp³-hybridized carbons (Fsp3) is 0.571. The van der Waals surface area contributed by atoms with E-state index in [-0.39, 0.29) is 0 Å². The molecule has 1 aromatic carbocycles. The summed E-state index contributed by atoms with van der Waals surface area (Å²) in [5.41, 5.74) is 0.539. The molecule has 0 radical (unpaired) electrons. The molecular weight excluding hydrogens is 236 g/mol. The second-order valence-electron chi connectivity index (χ2n) is 5.33. The van der Waals surface area contributed by atoms with Gasteiger partial charge in [-0.1, -0.05) is 13.8 Å². The number of rotatable bonds is 5. The van der Waals surface area contributed by atoms with Gasteiger partial charge in [0.1, 0.15) is 0 Å². The van der Waals surface area contributed by atoms with Crippen LogP contribution in [0, 0.1) is 17.6 Å². The molecule has 0 heterocycles. The lowest BCUT2D eigenvalue weighted by Gasteiger charge is -2.28. The SMILES string of the molecule is CC(C)CN(Cc1cc(F)c(O)c(F)c1)C(C)C. The number of benzene rings is 1. The predicted octanol–water partition coefficient (Wildman–Crippen LogP) is 3.54. The van der Waals surface area contributed by atoms with Crippen molar-refractivity contribution in [2.45, 2.75) is 40.3 Å². The first-order valence-electron chi connectivity index (χ1n) is 6.22. The standard InChI is InChI=1S/C14H21F2NO/c1-9(2)7-17(10(3)4)8-11-5-12(15)14(18)13(16)6-11/h5-6,9-10,18H,7-8H2,1-4H3. The summed E-state index contributed by atoms with van der Waals surface area (Å²) in [6.45, 7) is 9.65. The molecule has 0 spiro atoms. The van der Waals surface area contributed by atoms with Gasteiger partial charge >= 0.3 is 0 Å². The van der Waals surface area contributed by atoms with E-state index >= 15 is 0 Å². The molecule has 1 aromatic rings. The minimum Gasteiger partial charge on any atom is -0.503 e. The van der Waals surface area contributed by atoms with Crippen molar-refractivity contribution in [1.82, 2.24) is 4.90 Å². The van der Waals surface area contributed by atoms with E-state index in [2.05, 4.69) is 32.6 Å². The Morgan fingerprint density at radius 1 is 1.11 bits per heavy atom. The highest BCUT2D eigenvalue weighted by Crippen LogP contribution is 2.22. The molecule has 18 heavy (non-hydrogen) atoms. The van der Waals surface area contributed by atoms with Crippen LogP contribution in [0.4, 0.5) is 8.78 Å². The summed E-state index contributed by atoms with van der Waals surface area (Å²) in [6.07, 6.45) is 0. The van der Waals surface area contributed by atoms with E-state index in [1.165, 1.54) is 12.1 Å². The minimum absolute atomic E-state index is 0.298. The van der Waals surface area contributed by atoms with Crippen LogP contribution in [0.2, 0.25) is 0 Å². The van der Waals surface area contributed by atoms with Crippen LogP contribution >= 0.6 is 0 Å². The molecule has 0 aliphatic carbocycles. The third-order valence-corrected chi connectivity index (χ3v) is 2.79. The quantitative estimate of drug-likeness (QED) is 0.872. The summed E-state index contributed by atoms with van der Waals surface area (Å²) >= 11 is 0. The number of phenols is 1. The Labute approximate surface area is 107 Å². The highest BCUT2D eigenvalue weighted by molar-refractivity contribution is 5.30. The second kappa shape index (κ2) is 6.14. The van der Waals surface area contributed by atoms with Gasteiger partial charge in [-0.05, 0) is 37.5 Å². The molecule has 0 unspecified atom stereocenters. The van der Waals surface area contributed by atoms with Gasteiger partial charge in [0.05, 0.1) is 0 Å². The highest BCUT2D eigenvalue weighted by Gasteiger charge is 2.15. The maximum atomic E-state index is 13.2. The van der Waals surface area contributed by atoms with Gasteiger partial charge in [0.2, 0.25) is 0 Å². The first-order valence-corrected chi connectivity index (χ1v) is 6.22. The van der Waals surface area contributed by atoms with E-state index in [0.717, 1.165) is 6.54 Å². The first kappa shape index (κ1) is 14.9. The minimum atomic E-state index is -0.904. The number of hydrogen-bond donors (Lipinski definition) is 1. The Kier molecular flexibility index (Phi) is 5.08.